The summed E-state index contributed by atoms with van der Waals surface area (Å²) in [6, 6.07) is -0.371. The van der Waals surface area contributed by atoms with Crippen LogP contribution in [0.25, 0.3) is 0 Å². The van der Waals surface area contributed by atoms with Gasteiger partial charge in [-0.25, -0.2) is 9.97 Å². The summed E-state index contributed by atoms with van der Waals surface area (Å²) >= 11 is 5.69. The number of amides is 1. The topological polar surface area (TPSA) is 67.4 Å². The summed E-state index contributed by atoms with van der Waals surface area (Å²) in [4.78, 5) is 21.9. The van der Waals surface area contributed by atoms with Crippen LogP contribution in [0.2, 0.25) is 5.02 Å². The Labute approximate surface area is 110 Å². The number of halogens is 1. The van der Waals surface area contributed by atoms with Crippen LogP contribution in [0.3, 0.4) is 0 Å². The van der Waals surface area contributed by atoms with Gasteiger partial charge in [0.2, 0.25) is 11.9 Å². The second-order valence-electron chi connectivity index (χ2n) is 4.03. The van der Waals surface area contributed by atoms with Gasteiger partial charge in [-0.15, -0.1) is 0 Å². The second kappa shape index (κ2) is 5.97. The second-order valence-corrected chi connectivity index (χ2v) is 4.47. The minimum atomic E-state index is -0.371. The van der Waals surface area contributed by atoms with Gasteiger partial charge in [-0.05, 0) is 6.92 Å². The molecular weight excluding hydrogens is 256 g/mol. The average molecular weight is 271 g/mol. The number of ether oxygens (including phenoxy) is 1. The van der Waals surface area contributed by atoms with Crippen LogP contribution >= 0.6 is 11.6 Å². The molecule has 1 aromatic heterocycles. The van der Waals surface area contributed by atoms with E-state index in [1.165, 1.54) is 12.4 Å². The van der Waals surface area contributed by atoms with E-state index >= 15 is 0 Å². The number of carbonyl (C=O) groups excluding carboxylic acids is 1. The lowest BCUT2D eigenvalue weighted by molar-refractivity contribution is -0.135. The monoisotopic (exact) mass is 270 g/mol. The zero-order chi connectivity index (χ0) is 13.0. The Morgan fingerprint density at radius 1 is 1.44 bits per heavy atom. The summed E-state index contributed by atoms with van der Waals surface area (Å²) in [5.74, 6) is 0.422. The van der Waals surface area contributed by atoms with Crippen molar-refractivity contribution in [1.82, 2.24) is 14.9 Å². The highest BCUT2D eigenvalue weighted by atomic mass is 35.5. The Morgan fingerprint density at radius 2 is 2.06 bits per heavy atom. The molecule has 1 saturated heterocycles. The number of morpholine rings is 1. The first-order valence-electron chi connectivity index (χ1n) is 5.77. The molecule has 1 fully saturated rings. The minimum absolute atomic E-state index is 0.0249. The Hall–Kier alpha value is -1.40. The number of rotatable bonds is 3. The van der Waals surface area contributed by atoms with Gasteiger partial charge in [0, 0.05) is 13.1 Å². The molecule has 98 valence electrons. The van der Waals surface area contributed by atoms with Crippen LogP contribution in [0.1, 0.15) is 6.92 Å². The van der Waals surface area contributed by atoms with E-state index in [1.54, 1.807) is 11.8 Å². The summed E-state index contributed by atoms with van der Waals surface area (Å²) in [6.07, 6.45) is 2.98. The summed E-state index contributed by atoms with van der Waals surface area (Å²) in [6.45, 7) is 4.24. The zero-order valence-electron chi connectivity index (χ0n) is 10.1. The molecule has 0 aromatic carbocycles. The third kappa shape index (κ3) is 3.30. The third-order valence-electron chi connectivity index (χ3n) is 2.66. The lowest BCUT2D eigenvalue weighted by atomic mass is 10.2. The van der Waals surface area contributed by atoms with Crippen LogP contribution in [-0.4, -0.2) is 53.1 Å². The van der Waals surface area contributed by atoms with Crippen LogP contribution in [0, 0.1) is 0 Å². The van der Waals surface area contributed by atoms with Crippen molar-refractivity contribution in [3.05, 3.63) is 17.4 Å². The number of nitrogens with zero attached hydrogens (tertiary/aromatic N) is 3. The number of hydrogen-bond donors (Lipinski definition) is 1. The maximum Gasteiger partial charge on any atom is 0.245 e. The highest BCUT2D eigenvalue weighted by Gasteiger charge is 2.22. The maximum atomic E-state index is 12.1. The minimum Gasteiger partial charge on any atom is -0.378 e. The highest BCUT2D eigenvalue weighted by molar-refractivity contribution is 6.30. The van der Waals surface area contributed by atoms with Gasteiger partial charge in [-0.1, -0.05) is 11.6 Å². The molecule has 1 amide bonds. The van der Waals surface area contributed by atoms with Crippen molar-refractivity contribution in [2.45, 2.75) is 13.0 Å². The fourth-order valence-corrected chi connectivity index (χ4v) is 1.80. The quantitative estimate of drug-likeness (QED) is 0.880. The molecule has 6 nitrogen and oxygen atoms in total. The first-order valence-corrected chi connectivity index (χ1v) is 6.15. The Morgan fingerprint density at radius 3 is 2.67 bits per heavy atom. The number of aromatic nitrogens is 2. The van der Waals surface area contributed by atoms with E-state index in [4.69, 9.17) is 16.3 Å². The zero-order valence-corrected chi connectivity index (χ0v) is 10.9. The van der Waals surface area contributed by atoms with Gasteiger partial charge < -0.3 is 15.0 Å². The van der Waals surface area contributed by atoms with E-state index < -0.39 is 0 Å². The SMILES string of the molecule is CC(Nc1ncc(Cl)cn1)C(=O)N1CCOCC1. The molecule has 1 aliphatic rings. The van der Waals surface area contributed by atoms with Gasteiger partial charge in [0.1, 0.15) is 6.04 Å². The number of anilines is 1. The molecule has 1 N–H and O–H groups in total. The maximum absolute atomic E-state index is 12.1. The van der Waals surface area contributed by atoms with Crippen molar-refractivity contribution < 1.29 is 9.53 Å². The Kier molecular flexibility index (Phi) is 4.33. The molecule has 1 aromatic rings. The van der Waals surface area contributed by atoms with Crippen LogP contribution in [-0.2, 0) is 9.53 Å². The van der Waals surface area contributed by atoms with Crippen molar-refractivity contribution in [2.24, 2.45) is 0 Å². The molecule has 0 aliphatic carbocycles. The predicted octanol–water partition coefficient (Wildman–Crippen LogP) is 0.789. The third-order valence-corrected chi connectivity index (χ3v) is 2.85. The standard InChI is InChI=1S/C11H15ClN4O2/c1-8(10(17)16-2-4-18-5-3-16)15-11-13-6-9(12)7-14-11/h6-8H,2-5H2,1H3,(H,13,14,15). The summed E-state index contributed by atoms with van der Waals surface area (Å²) < 4.78 is 5.21. The average Bonchev–Trinajstić information content (AvgIpc) is 2.41. The molecule has 0 spiro atoms. The molecule has 2 heterocycles. The van der Waals surface area contributed by atoms with E-state index in [2.05, 4.69) is 15.3 Å². The van der Waals surface area contributed by atoms with Crippen LogP contribution in [0.4, 0.5) is 5.95 Å². The van der Waals surface area contributed by atoms with Gasteiger partial charge in [-0.2, -0.15) is 0 Å². The van der Waals surface area contributed by atoms with E-state index in [9.17, 15) is 4.79 Å². The first kappa shape index (κ1) is 13.0. The highest BCUT2D eigenvalue weighted by Crippen LogP contribution is 2.08. The first-order chi connectivity index (χ1) is 8.66. The van der Waals surface area contributed by atoms with Crippen molar-refractivity contribution in [1.29, 1.82) is 0 Å². The molecule has 1 unspecified atom stereocenters. The van der Waals surface area contributed by atoms with Gasteiger partial charge >= 0.3 is 0 Å². The number of nitrogens with one attached hydrogen (secondary N) is 1. The van der Waals surface area contributed by atoms with Gasteiger partial charge in [-0.3, -0.25) is 4.79 Å². The summed E-state index contributed by atoms with van der Waals surface area (Å²) in [7, 11) is 0. The molecule has 7 heteroatoms. The van der Waals surface area contributed by atoms with Crippen molar-refractivity contribution in [2.75, 3.05) is 31.6 Å². The molecule has 0 saturated carbocycles. The molecular formula is C11H15ClN4O2. The lowest BCUT2D eigenvalue weighted by Gasteiger charge is -2.29. The Bertz CT molecular complexity index is 406. The number of hydrogen-bond acceptors (Lipinski definition) is 5. The van der Waals surface area contributed by atoms with Crippen molar-refractivity contribution in [3.63, 3.8) is 0 Å². The smallest absolute Gasteiger partial charge is 0.245 e. The van der Waals surface area contributed by atoms with Gasteiger partial charge in [0.15, 0.2) is 0 Å². The molecule has 2 rings (SSSR count). The molecule has 0 radical (unpaired) electrons. The predicted molar refractivity (Wildman–Crippen MR) is 67.5 cm³/mol. The largest absolute Gasteiger partial charge is 0.378 e. The Balaban J connectivity index is 1.92. The van der Waals surface area contributed by atoms with E-state index in [0.717, 1.165) is 0 Å². The van der Waals surface area contributed by atoms with Gasteiger partial charge in [0.25, 0.3) is 0 Å². The van der Waals surface area contributed by atoms with E-state index in [-0.39, 0.29) is 11.9 Å². The molecule has 1 atom stereocenters. The molecule has 18 heavy (non-hydrogen) atoms. The fourth-order valence-electron chi connectivity index (χ4n) is 1.70. The number of carbonyl (C=O) groups is 1. The van der Waals surface area contributed by atoms with E-state index in [0.29, 0.717) is 37.3 Å². The van der Waals surface area contributed by atoms with Crippen LogP contribution in [0.15, 0.2) is 12.4 Å². The summed E-state index contributed by atoms with van der Waals surface area (Å²) in [5, 5.41) is 3.42. The summed E-state index contributed by atoms with van der Waals surface area (Å²) in [5.41, 5.74) is 0. The lowest BCUT2D eigenvalue weighted by Crippen LogP contribution is -2.47. The van der Waals surface area contributed by atoms with Crippen LogP contribution in [0.5, 0.6) is 0 Å². The van der Waals surface area contributed by atoms with Gasteiger partial charge in [0.05, 0.1) is 30.6 Å². The van der Waals surface area contributed by atoms with E-state index in [1.807, 2.05) is 0 Å². The van der Waals surface area contributed by atoms with Crippen molar-refractivity contribution in [3.8, 4) is 0 Å². The molecule has 0 bridgehead atoms. The van der Waals surface area contributed by atoms with Crippen LogP contribution < -0.4 is 5.32 Å². The fraction of sp³-hybridized carbons (Fsp3) is 0.545. The van der Waals surface area contributed by atoms with Crippen molar-refractivity contribution >= 4 is 23.5 Å². The molecule has 1 aliphatic heterocycles. The normalized spacial score (nSPS) is 17.3.